The van der Waals surface area contributed by atoms with Crippen molar-refractivity contribution in [1.82, 2.24) is 14.9 Å². The first kappa shape index (κ1) is 17.0. The third-order valence-electron chi connectivity index (χ3n) is 3.87. The van der Waals surface area contributed by atoms with Gasteiger partial charge in [-0.2, -0.15) is 0 Å². The first-order valence-electron chi connectivity index (χ1n) is 7.98. The molecule has 128 valence electrons. The Morgan fingerprint density at radius 3 is 2.60 bits per heavy atom. The number of H-pyrrole nitrogens is 1. The number of carbonyl (C=O) groups excluding carboxylic acids is 1. The number of nitrogens with one attached hydrogen (secondary N) is 2. The van der Waals surface area contributed by atoms with Gasteiger partial charge >= 0.3 is 5.69 Å². The molecule has 0 saturated carbocycles. The van der Waals surface area contributed by atoms with E-state index in [4.69, 9.17) is 11.6 Å². The molecule has 0 aliphatic heterocycles. The molecule has 1 heterocycles. The highest BCUT2D eigenvalue weighted by atomic mass is 35.5. The van der Waals surface area contributed by atoms with Gasteiger partial charge in [-0.1, -0.05) is 54.1 Å². The quantitative estimate of drug-likeness (QED) is 0.714. The number of carbonyl (C=O) groups is 1. The van der Waals surface area contributed by atoms with E-state index in [1.807, 2.05) is 54.6 Å². The van der Waals surface area contributed by atoms with Crippen molar-refractivity contribution in [1.29, 1.82) is 0 Å². The normalized spacial score (nSPS) is 10.6. The number of imidazole rings is 1. The molecule has 0 atom stereocenters. The minimum absolute atomic E-state index is 0.281. The monoisotopic (exact) mass is 355 g/mol. The van der Waals surface area contributed by atoms with Crippen molar-refractivity contribution < 1.29 is 4.79 Å². The van der Waals surface area contributed by atoms with Crippen LogP contribution in [0.25, 0.3) is 0 Å². The van der Waals surface area contributed by atoms with E-state index in [-0.39, 0.29) is 11.6 Å². The number of benzene rings is 2. The van der Waals surface area contributed by atoms with Crippen LogP contribution in [0.15, 0.2) is 65.6 Å². The van der Waals surface area contributed by atoms with E-state index in [1.165, 1.54) is 10.8 Å². The summed E-state index contributed by atoms with van der Waals surface area (Å²) in [5.74, 6) is -0.281. The van der Waals surface area contributed by atoms with Crippen molar-refractivity contribution in [3.8, 4) is 0 Å². The summed E-state index contributed by atoms with van der Waals surface area (Å²) in [6.07, 6.45) is 2.11. The Morgan fingerprint density at radius 2 is 1.84 bits per heavy atom. The Balaban J connectivity index is 1.65. The fourth-order valence-corrected chi connectivity index (χ4v) is 2.82. The van der Waals surface area contributed by atoms with Gasteiger partial charge in [0.05, 0.1) is 6.54 Å². The summed E-state index contributed by atoms with van der Waals surface area (Å²) in [7, 11) is 0. The summed E-state index contributed by atoms with van der Waals surface area (Å²) < 4.78 is 1.43. The predicted octanol–water partition coefficient (Wildman–Crippen LogP) is 2.85. The topological polar surface area (TPSA) is 66.9 Å². The van der Waals surface area contributed by atoms with Gasteiger partial charge in [0, 0.05) is 17.8 Å². The van der Waals surface area contributed by atoms with Crippen LogP contribution in [0.5, 0.6) is 0 Å². The Hall–Kier alpha value is -2.79. The third-order valence-corrected chi connectivity index (χ3v) is 4.11. The van der Waals surface area contributed by atoms with E-state index in [2.05, 4.69) is 10.3 Å². The lowest BCUT2D eigenvalue weighted by Gasteiger charge is -2.09. The Kier molecular flexibility index (Phi) is 5.36. The second-order valence-corrected chi connectivity index (χ2v) is 6.12. The molecule has 2 N–H and O–H groups in total. The minimum Gasteiger partial charge on any atom is -0.350 e. The maximum absolute atomic E-state index is 12.4. The van der Waals surface area contributed by atoms with Gasteiger partial charge in [0.25, 0.3) is 5.91 Å². The highest BCUT2D eigenvalue weighted by Gasteiger charge is 2.14. The van der Waals surface area contributed by atoms with Crippen LogP contribution < -0.4 is 11.0 Å². The van der Waals surface area contributed by atoms with E-state index < -0.39 is 0 Å². The molecule has 3 aromatic rings. The molecule has 2 aromatic carbocycles. The van der Waals surface area contributed by atoms with E-state index >= 15 is 0 Å². The Labute approximate surface area is 150 Å². The van der Waals surface area contributed by atoms with Crippen LogP contribution in [0, 0.1) is 0 Å². The highest BCUT2D eigenvalue weighted by molar-refractivity contribution is 6.30. The summed E-state index contributed by atoms with van der Waals surface area (Å²) in [6.45, 7) is 0.810. The molecule has 0 saturated heterocycles. The Bertz CT molecular complexity index is 916. The Morgan fingerprint density at radius 1 is 1.08 bits per heavy atom. The van der Waals surface area contributed by atoms with Crippen LogP contribution in [0.2, 0.25) is 5.02 Å². The fraction of sp³-hybridized carbons (Fsp3) is 0.158. The van der Waals surface area contributed by atoms with Crippen molar-refractivity contribution in [2.24, 2.45) is 0 Å². The maximum Gasteiger partial charge on any atom is 0.326 e. The summed E-state index contributed by atoms with van der Waals surface area (Å²) in [4.78, 5) is 27.0. The second kappa shape index (κ2) is 7.85. The van der Waals surface area contributed by atoms with E-state index in [0.29, 0.717) is 30.2 Å². The molecule has 25 heavy (non-hydrogen) atoms. The van der Waals surface area contributed by atoms with Crippen LogP contribution >= 0.6 is 11.6 Å². The first-order chi connectivity index (χ1) is 12.1. The van der Waals surface area contributed by atoms with Gasteiger partial charge in [0.1, 0.15) is 5.69 Å². The van der Waals surface area contributed by atoms with E-state index in [0.717, 1.165) is 11.1 Å². The van der Waals surface area contributed by atoms with Crippen LogP contribution in [-0.4, -0.2) is 22.0 Å². The zero-order valence-electron chi connectivity index (χ0n) is 13.5. The van der Waals surface area contributed by atoms with Crippen molar-refractivity contribution in [3.63, 3.8) is 0 Å². The van der Waals surface area contributed by atoms with Gasteiger partial charge in [0.15, 0.2) is 0 Å². The number of aromatic amines is 1. The second-order valence-electron chi connectivity index (χ2n) is 5.69. The molecule has 0 unspecified atom stereocenters. The summed E-state index contributed by atoms with van der Waals surface area (Å²) in [5, 5.41) is 3.52. The lowest BCUT2D eigenvalue weighted by molar-refractivity contribution is 0.0945. The van der Waals surface area contributed by atoms with Crippen molar-refractivity contribution in [2.75, 3.05) is 6.54 Å². The standard InChI is InChI=1S/C19H18ClN3O2/c20-16-8-4-7-14(11-16)9-10-21-18(24)17-12-22-19(25)23(17)13-15-5-2-1-3-6-15/h1-8,11-12H,9-10,13H2,(H,21,24)(H,22,25). The van der Waals surface area contributed by atoms with Crippen LogP contribution in [0.3, 0.4) is 0 Å². The minimum atomic E-state index is -0.302. The van der Waals surface area contributed by atoms with Gasteiger partial charge in [-0.25, -0.2) is 4.79 Å². The van der Waals surface area contributed by atoms with E-state index in [9.17, 15) is 9.59 Å². The molecule has 0 bridgehead atoms. The smallest absolute Gasteiger partial charge is 0.326 e. The van der Waals surface area contributed by atoms with Crippen LogP contribution in [0.4, 0.5) is 0 Å². The summed E-state index contributed by atoms with van der Waals surface area (Å²) in [5.41, 5.74) is 2.02. The molecule has 6 heteroatoms. The maximum atomic E-state index is 12.4. The molecule has 0 aliphatic carbocycles. The summed E-state index contributed by atoms with van der Waals surface area (Å²) >= 11 is 5.95. The number of hydrogen-bond donors (Lipinski definition) is 2. The van der Waals surface area contributed by atoms with Crippen LogP contribution in [0.1, 0.15) is 21.6 Å². The molecule has 1 aromatic heterocycles. The molecule has 0 fully saturated rings. The SMILES string of the molecule is O=C(NCCc1cccc(Cl)c1)c1c[nH]c(=O)n1Cc1ccccc1. The predicted molar refractivity (Wildman–Crippen MR) is 98.1 cm³/mol. The number of halogens is 1. The zero-order valence-corrected chi connectivity index (χ0v) is 14.3. The molecule has 0 spiro atoms. The van der Waals surface area contributed by atoms with Crippen molar-refractivity contribution >= 4 is 17.5 Å². The lowest BCUT2D eigenvalue weighted by atomic mass is 10.1. The van der Waals surface area contributed by atoms with Gasteiger partial charge < -0.3 is 10.3 Å². The number of aromatic nitrogens is 2. The molecule has 0 aliphatic rings. The summed E-state index contributed by atoms with van der Waals surface area (Å²) in [6, 6.07) is 17.1. The highest BCUT2D eigenvalue weighted by Crippen LogP contribution is 2.10. The molecule has 5 nitrogen and oxygen atoms in total. The average molecular weight is 356 g/mol. The van der Waals surface area contributed by atoms with E-state index in [1.54, 1.807) is 0 Å². The first-order valence-corrected chi connectivity index (χ1v) is 8.36. The van der Waals surface area contributed by atoms with Gasteiger partial charge in [-0.15, -0.1) is 0 Å². The largest absolute Gasteiger partial charge is 0.350 e. The molecule has 1 amide bonds. The fourth-order valence-electron chi connectivity index (χ4n) is 2.61. The number of amides is 1. The molecule has 3 rings (SSSR count). The van der Waals surface area contributed by atoms with Gasteiger partial charge in [-0.05, 0) is 29.7 Å². The number of hydrogen-bond acceptors (Lipinski definition) is 2. The third kappa shape index (κ3) is 4.39. The van der Waals surface area contributed by atoms with Crippen molar-refractivity contribution in [2.45, 2.75) is 13.0 Å². The zero-order chi connectivity index (χ0) is 17.6. The van der Waals surface area contributed by atoms with Gasteiger partial charge in [-0.3, -0.25) is 9.36 Å². The molecular formula is C19H18ClN3O2. The average Bonchev–Trinajstić information content (AvgIpc) is 2.97. The number of nitrogens with zero attached hydrogens (tertiary/aromatic N) is 1. The number of rotatable bonds is 6. The van der Waals surface area contributed by atoms with Crippen molar-refractivity contribution in [3.05, 3.63) is 93.1 Å². The van der Waals surface area contributed by atoms with Crippen LogP contribution in [-0.2, 0) is 13.0 Å². The molecule has 0 radical (unpaired) electrons. The molecular weight excluding hydrogens is 338 g/mol. The lowest BCUT2D eigenvalue weighted by Crippen LogP contribution is -2.30. The van der Waals surface area contributed by atoms with Gasteiger partial charge in [0.2, 0.25) is 0 Å².